The molecule has 1 aliphatic heterocycles. The number of nitrogens with zero attached hydrogens (tertiary/aromatic N) is 3. The number of anilines is 1. The molecule has 0 bridgehead atoms. The van der Waals surface area contributed by atoms with Gasteiger partial charge in [-0.25, -0.2) is 4.39 Å². The van der Waals surface area contributed by atoms with Gasteiger partial charge < -0.3 is 4.90 Å². The standard InChI is InChI=1S/C21H19FN4O2S/c1-13-5-2-6-14(11-13)19-24-25-21(29-19)23-18(27)17-9-4-10-26(17)20(28)15-7-3-8-16(22)12-15/h2-3,5-8,11-12,17H,4,9-10H2,1H3,(H,23,25,27). The van der Waals surface area contributed by atoms with Gasteiger partial charge in [0, 0.05) is 17.7 Å². The third-order valence-corrected chi connectivity index (χ3v) is 5.70. The maximum atomic E-state index is 13.5. The van der Waals surface area contributed by atoms with Crippen LogP contribution in [0, 0.1) is 12.7 Å². The Morgan fingerprint density at radius 2 is 2.00 bits per heavy atom. The average molecular weight is 410 g/mol. The predicted octanol–water partition coefficient (Wildman–Crippen LogP) is 3.90. The van der Waals surface area contributed by atoms with Crippen molar-refractivity contribution in [3.63, 3.8) is 0 Å². The largest absolute Gasteiger partial charge is 0.327 e. The minimum Gasteiger partial charge on any atom is -0.327 e. The Hall–Kier alpha value is -3.13. The lowest BCUT2D eigenvalue weighted by Crippen LogP contribution is -2.43. The molecular formula is C21H19FN4O2S. The normalized spacial score (nSPS) is 16.1. The number of carbonyl (C=O) groups is 2. The zero-order chi connectivity index (χ0) is 20.4. The molecule has 4 rings (SSSR count). The van der Waals surface area contributed by atoms with E-state index in [1.165, 1.54) is 34.4 Å². The van der Waals surface area contributed by atoms with E-state index < -0.39 is 11.9 Å². The molecular weight excluding hydrogens is 391 g/mol. The molecule has 8 heteroatoms. The van der Waals surface area contributed by atoms with Crippen LogP contribution in [0.3, 0.4) is 0 Å². The molecule has 2 heterocycles. The number of aromatic nitrogens is 2. The molecule has 0 radical (unpaired) electrons. The SMILES string of the molecule is Cc1cccc(-c2nnc(NC(=O)C3CCCN3C(=O)c3cccc(F)c3)s2)c1. The molecule has 29 heavy (non-hydrogen) atoms. The molecule has 0 aliphatic carbocycles. The van der Waals surface area contributed by atoms with Gasteiger partial charge in [-0.1, -0.05) is 41.2 Å². The minimum absolute atomic E-state index is 0.238. The van der Waals surface area contributed by atoms with Gasteiger partial charge >= 0.3 is 0 Å². The molecule has 1 aromatic heterocycles. The summed E-state index contributed by atoms with van der Waals surface area (Å²) < 4.78 is 13.5. The molecule has 0 spiro atoms. The number of halogens is 1. The van der Waals surface area contributed by atoms with Crippen molar-refractivity contribution in [2.24, 2.45) is 0 Å². The lowest BCUT2D eigenvalue weighted by Gasteiger charge is -2.23. The smallest absolute Gasteiger partial charge is 0.254 e. The summed E-state index contributed by atoms with van der Waals surface area (Å²) in [5.74, 6) is -1.13. The number of aryl methyl sites for hydroxylation is 1. The molecule has 2 aromatic carbocycles. The molecule has 6 nitrogen and oxygen atoms in total. The van der Waals surface area contributed by atoms with Crippen LogP contribution in [0.2, 0.25) is 0 Å². The minimum atomic E-state index is -0.614. The first kappa shape index (κ1) is 19.2. The maximum absolute atomic E-state index is 13.5. The van der Waals surface area contributed by atoms with Gasteiger partial charge in [-0.2, -0.15) is 0 Å². The van der Waals surface area contributed by atoms with Crippen LogP contribution in [0.1, 0.15) is 28.8 Å². The van der Waals surface area contributed by atoms with Crippen molar-refractivity contribution in [2.45, 2.75) is 25.8 Å². The van der Waals surface area contributed by atoms with Crippen LogP contribution in [0.4, 0.5) is 9.52 Å². The number of amides is 2. The Labute approximate surface area is 171 Å². The summed E-state index contributed by atoms with van der Waals surface area (Å²) in [6.45, 7) is 2.45. The number of nitrogens with one attached hydrogen (secondary N) is 1. The quantitative estimate of drug-likeness (QED) is 0.708. The van der Waals surface area contributed by atoms with Gasteiger partial charge in [-0.05, 0) is 44.0 Å². The van der Waals surface area contributed by atoms with Crippen molar-refractivity contribution >= 4 is 28.3 Å². The number of likely N-dealkylation sites (tertiary alicyclic amines) is 1. The summed E-state index contributed by atoms with van der Waals surface area (Å²) in [6, 6.07) is 12.8. The highest BCUT2D eigenvalue weighted by Crippen LogP contribution is 2.28. The molecule has 1 aliphatic rings. The van der Waals surface area contributed by atoms with Crippen molar-refractivity contribution in [3.05, 3.63) is 65.5 Å². The first-order valence-corrected chi connectivity index (χ1v) is 10.1. The van der Waals surface area contributed by atoms with E-state index in [0.717, 1.165) is 11.1 Å². The van der Waals surface area contributed by atoms with Crippen molar-refractivity contribution in [3.8, 4) is 10.6 Å². The molecule has 1 saturated heterocycles. The van der Waals surface area contributed by atoms with Crippen LogP contribution >= 0.6 is 11.3 Å². The zero-order valence-electron chi connectivity index (χ0n) is 15.8. The van der Waals surface area contributed by atoms with E-state index in [-0.39, 0.29) is 17.4 Å². The summed E-state index contributed by atoms with van der Waals surface area (Å²) in [4.78, 5) is 27.0. The van der Waals surface area contributed by atoms with E-state index in [1.54, 1.807) is 6.07 Å². The summed E-state index contributed by atoms with van der Waals surface area (Å²) in [7, 11) is 0. The molecule has 1 fully saturated rings. The Balaban J connectivity index is 1.47. The van der Waals surface area contributed by atoms with Crippen molar-refractivity contribution in [1.29, 1.82) is 0 Å². The zero-order valence-corrected chi connectivity index (χ0v) is 16.6. The van der Waals surface area contributed by atoms with Gasteiger partial charge in [0.25, 0.3) is 5.91 Å². The lowest BCUT2D eigenvalue weighted by atomic mass is 10.1. The number of hydrogen-bond donors (Lipinski definition) is 1. The molecule has 0 saturated carbocycles. The molecule has 148 valence electrons. The third kappa shape index (κ3) is 4.17. The summed E-state index contributed by atoms with van der Waals surface area (Å²) in [5.41, 5.74) is 2.29. The van der Waals surface area contributed by atoms with Gasteiger partial charge in [-0.3, -0.25) is 14.9 Å². The van der Waals surface area contributed by atoms with Gasteiger partial charge in [0.1, 0.15) is 16.9 Å². The molecule has 2 amide bonds. The molecule has 1 atom stereocenters. The first-order chi connectivity index (χ1) is 14.0. The van der Waals surface area contributed by atoms with Gasteiger partial charge in [0.2, 0.25) is 11.0 Å². The Morgan fingerprint density at radius 3 is 2.79 bits per heavy atom. The summed E-state index contributed by atoms with van der Waals surface area (Å²) in [6.07, 6.45) is 1.26. The third-order valence-electron chi connectivity index (χ3n) is 4.81. The van der Waals surface area contributed by atoms with Crippen LogP contribution in [-0.2, 0) is 4.79 Å². The Morgan fingerprint density at radius 1 is 1.17 bits per heavy atom. The van der Waals surface area contributed by atoms with Gasteiger partial charge in [0.05, 0.1) is 0 Å². The first-order valence-electron chi connectivity index (χ1n) is 9.29. The van der Waals surface area contributed by atoms with E-state index in [9.17, 15) is 14.0 Å². The topological polar surface area (TPSA) is 75.2 Å². The number of hydrogen-bond acceptors (Lipinski definition) is 5. The second-order valence-electron chi connectivity index (χ2n) is 6.94. The fraction of sp³-hybridized carbons (Fsp3) is 0.238. The highest BCUT2D eigenvalue weighted by atomic mass is 32.1. The van der Waals surface area contributed by atoms with Gasteiger partial charge in [-0.15, -0.1) is 10.2 Å². The highest BCUT2D eigenvalue weighted by molar-refractivity contribution is 7.18. The Kier molecular flexibility index (Phi) is 5.35. The predicted molar refractivity (Wildman–Crippen MR) is 109 cm³/mol. The maximum Gasteiger partial charge on any atom is 0.254 e. The Bertz CT molecular complexity index is 1070. The average Bonchev–Trinajstić information content (AvgIpc) is 3.37. The molecule has 3 aromatic rings. The monoisotopic (exact) mass is 410 g/mol. The number of benzene rings is 2. The van der Waals surface area contributed by atoms with E-state index in [2.05, 4.69) is 15.5 Å². The van der Waals surface area contributed by atoms with E-state index in [0.29, 0.717) is 29.5 Å². The molecule has 1 unspecified atom stereocenters. The van der Waals surface area contributed by atoms with Crippen molar-refractivity contribution in [1.82, 2.24) is 15.1 Å². The van der Waals surface area contributed by atoms with Crippen LogP contribution < -0.4 is 5.32 Å². The van der Waals surface area contributed by atoms with E-state index in [4.69, 9.17) is 0 Å². The van der Waals surface area contributed by atoms with Gasteiger partial charge in [0.15, 0.2) is 0 Å². The highest BCUT2D eigenvalue weighted by Gasteiger charge is 2.35. The van der Waals surface area contributed by atoms with Crippen molar-refractivity contribution in [2.75, 3.05) is 11.9 Å². The lowest BCUT2D eigenvalue weighted by molar-refractivity contribution is -0.119. The van der Waals surface area contributed by atoms with E-state index >= 15 is 0 Å². The summed E-state index contributed by atoms with van der Waals surface area (Å²) >= 11 is 1.28. The number of rotatable bonds is 4. The van der Waals surface area contributed by atoms with E-state index in [1.807, 2.05) is 31.2 Å². The fourth-order valence-corrected chi connectivity index (χ4v) is 4.17. The summed E-state index contributed by atoms with van der Waals surface area (Å²) in [5, 5.41) is 12.1. The second kappa shape index (κ2) is 8.08. The van der Waals surface area contributed by atoms with Crippen LogP contribution in [0.25, 0.3) is 10.6 Å². The van der Waals surface area contributed by atoms with Crippen molar-refractivity contribution < 1.29 is 14.0 Å². The second-order valence-corrected chi connectivity index (χ2v) is 7.92. The fourth-order valence-electron chi connectivity index (χ4n) is 3.43. The number of carbonyl (C=O) groups excluding carboxylic acids is 2. The van der Waals surface area contributed by atoms with Crippen LogP contribution in [-0.4, -0.2) is 39.5 Å². The van der Waals surface area contributed by atoms with Crippen LogP contribution in [0.15, 0.2) is 48.5 Å². The van der Waals surface area contributed by atoms with Crippen LogP contribution in [0.5, 0.6) is 0 Å². The molecule has 1 N–H and O–H groups in total.